The fourth-order valence-corrected chi connectivity index (χ4v) is 6.59. The average Bonchev–Trinajstić information content (AvgIpc) is 3.23. The highest BCUT2D eigenvalue weighted by Crippen LogP contribution is 2.22. The SMILES string of the molecule is Cc1cc(C)c([B-]2(c3c(C)cc(C)cc3C)c3ccccc3-[n+]3cc[nH]c32)c(C)c1. The highest BCUT2D eigenvalue weighted by molar-refractivity contribution is 7.20. The van der Waals surface area contributed by atoms with Gasteiger partial charge in [0.05, 0.1) is 11.4 Å². The highest BCUT2D eigenvalue weighted by Gasteiger charge is 2.49. The van der Waals surface area contributed by atoms with Gasteiger partial charge >= 0.3 is 0 Å². The monoisotopic (exact) mass is 392 g/mol. The van der Waals surface area contributed by atoms with Crippen molar-refractivity contribution in [2.45, 2.75) is 41.5 Å². The van der Waals surface area contributed by atoms with Gasteiger partial charge in [0.25, 0.3) is 0 Å². The average molecular weight is 392 g/mol. The molecule has 0 bridgehead atoms. The van der Waals surface area contributed by atoms with Gasteiger partial charge in [0.2, 0.25) is 6.15 Å². The summed E-state index contributed by atoms with van der Waals surface area (Å²) >= 11 is 0. The maximum atomic E-state index is 3.68. The molecule has 0 saturated carbocycles. The van der Waals surface area contributed by atoms with Gasteiger partial charge in [-0.25, -0.2) is 4.57 Å². The van der Waals surface area contributed by atoms with Gasteiger partial charge in [0, 0.05) is 0 Å². The minimum absolute atomic E-state index is 1.28. The van der Waals surface area contributed by atoms with Crippen molar-refractivity contribution in [3.8, 4) is 5.69 Å². The number of nitrogens with zero attached hydrogens (tertiary/aromatic N) is 1. The van der Waals surface area contributed by atoms with Crippen molar-refractivity contribution in [3.63, 3.8) is 0 Å². The molecule has 4 aromatic rings. The maximum absolute atomic E-state index is 3.68. The molecule has 0 unspecified atom stereocenters. The Bertz CT molecular complexity index is 1210. The van der Waals surface area contributed by atoms with E-state index in [2.05, 4.69) is 112 Å². The number of hydrogen-bond donors (Lipinski definition) is 1. The number of para-hydroxylation sites is 1. The lowest BCUT2D eigenvalue weighted by Gasteiger charge is -2.40. The second-order valence-electron chi connectivity index (χ2n) is 9.26. The second kappa shape index (κ2) is 6.47. The van der Waals surface area contributed by atoms with Crippen LogP contribution in [0.25, 0.3) is 5.69 Å². The van der Waals surface area contributed by atoms with E-state index < -0.39 is 6.15 Å². The third-order valence-electron chi connectivity index (χ3n) is 7.13. The highest BCUT2D eigenvalue weighted by atomic mass is 15.1. The third-order valence-corrected chi connectivity index (χ3v) is 7.13. The Kier molecular flexibility index (Phi) is 4.08. The largest absolute Gasteiger partial charge is 0.283 e. The van der Waals surface area contributed by atoms with Crippen LogP contribution in [0.1, 0.15) is 33.4 Å². The minimum Gasteiger partial charge on any atom is -0.283 e. The van der Waals surface area contributed by atoms with Gasteiger partial charge in [0.15, 0.2) is 0 Å². The van der Waals surface area contributed by atoms with Crippen LogP contribution >= 0.6 is 0 Å². The summed E-state index contributed by atoms with van der Waals surface area (Å²) in [7, 11) is 0. The third kappa shape index (κ3) is 2.35. The lowest BCUT2D eigenvalue weighted by molar-refractivity contribution is -0.571. The predicted octanol–water partition coefficient (Wildman–Crippen LogP) is 2.83. The zero-order valence-corrected chi connectivity index (χ0v) is 18.8. The number of imidazole rings is 1. The number of H-pyrrole nitrogens is 1. The van der Waals surface area contributed by atoms with Crippen LogP contribution in [-0.2, 0) is 0 Å². The van der Waals surface area contributed by atoms with E-state index in [0.717, 1.165) is 0 Å². The number of aromatic amines is 1. The normalized spacial score (nSPS) is 13.9. The van der Waals surface area contributed by atoms with Crippen LogP contribution in [0.3, 0.4) is 0 Å². The molecule has 0 fully saturated rings. The molecule has 3 aromatic carbocycles. The van der Waals surface area contributed by atoms with Crippen molar-refractivity contribution >= 4 is 28.3 Å². The summed E-state index contributed by atoms with van der Waals surface area (Å²) in [6.45, 7) is 13.5. The molecule has 2 heterocycles. The molecule has 1 aromatic heterocycles. The van der Waals surface area contributed by atoms with Gasteiger partial charge in [0.1, 0.15) is 12.4 Å². The first kappa shape index (κ1) is 18.9. The van der Waals surface area contributed by atoms with Crippen molar-refractivity contribution < 1.29 is 4.57 Å². The van der Waals surface area contributed by atoms with Crippen LogP contribution in [0.4, 0.5) is 0 Å². The Labute approximate surface area is 179 Å². The quantitative estimate of drug-likeness (QED) is 0.352. The topological polar surface area (TPSA) is 19.7 Å². The van der Waals surface area contributed by atoms with Gasteiger partial charge in [-0.1, -0.05) is 75.8 Å². The van der Waals surface area contributed by atoms with E-state index in [1.165, 1.54) is 61.2 Å². The van der Waals surface area contributed by atoms with Crippen LogP contribution in [0.15, 0.2) is 60.9 Å². The molecule has 0 spiro atoms. The van der Waals surface area contributed by atoms with Gasteiger partial charge in [-0.05, 0) is 47.6 Å². The lowest BCUT2D eigenvalue weighted by atomic mass is 9.14. The number of aryl methyl sites for hydroxylation is 6. The Morgan fingerprint density at radius 3 is 1.73 bits per heavy atom. The number of hydrogen-bond acceptors (Lipinski definition) is 0. The van der Waals surface area contributed by atoms with Gasteiger partial charge in [-0.15, -0.1) is 5.46 Å². The first-order valence-electron chi connectivity index (χ1n) is 10.9. The molecule has 0 aliphatic carbocycles. The Hall–Kier alpha value is -3.07. The molecule has 3 heteroatoms. The van der Waals surface area contributed by atoms with E-state index in [1.807, 2.05) is 0 Å². The molecule has 2 nitrogen and oxygen atoms in total. The zero-order chi connectivity index (χ0) is 21.2. The van der Waals surface area contributed by atoms with Crippen molar-refractivity contribution in [1.29, 1.82) is 0 Å². The van der Waals surface area contributed by atoms with E-state index in [1.54, 1.807) is 0 Å². The number of aromatic nitrogens is 2. The van der Waals surface area contributed by atoms with Crippen LogP contribution in [0, 0.1) is 41.5 Å². The number of nitrogens with one attached hydrogen (secondary N) is 1. The van der Waals surface area contributed by atoms with Crippen LogP contribution in [-0.4, -0.2) is 11.1 Å². The number of benzene rings is 3. The number of rotatable bonds is 2. The Morgan fingerprint density at radius 2 is 1.20 bits per heavy atom. The molecule has 0 saturated heterocycles. The standard InChI is InChI=1S/C27H28BN2/c1-17-13-19(3)25(20(4)14-17)28(26-21(5)15-18(2)16-22(26)6)23-9-7-8-10-24(23)30-12-11-29-27(28)30/h7-16H,1-6H3/q-1/p+1. The van der Waals surface area contributed by atoms with Crippen LogP contribution in [0.5, 0.6) is 0 Å². The molecule has 150 valence electrons. The van der Waals surface area contributed by atoms with Gasteiger partial charge in [-0.2, -0.15) is 10.9 Å². The number of fused-ring (bicyclic) bond motifs is 3. The summed E-state index contributed by atoms with van der Waals surface area (Å²) in [4.78, 5) is 3.68. The maximum Gasteiger partial charge on any atom is 0.206 e. The van der Waals surface area contributed by atoms with Crippen molar-refractivity contribution in [2.75, 3.05) is 0 Å². The van der Waals surface area contributed by atoms with E-state index in [4.69, 9.17) is 0 Å². The van der Waals surface area contributed by atoms with Gasteiger partial charge < -0.3 is 0 Å². The smallest absolute Gasteiger partial charge is 0.206 e. The first-order chi connectivity index (χ1) is 14.4. The van der Waals surface area contributed by atoms with Crippen molar-refractivity contribution in [3.05, 3.63) is 94.3 Å². The van der Waals surface area contributed by atoms with Crippen LogP contribution < -0.4 is 26.7 Å². The van der Waals surface area contributed by atoms with E-state index in [-0.39, 0.29) is 0 Å². The molecule has 0 radical (unpaired) electrons. The molecule has 1 aliphatic rings. The summed E-state index contributed by atoms with van der Waals surface area (Å²) < 4.78 is 2.37. The molecule has 0 amide bonds. The predicted molar refractivity (Wildman–Crippen MR) is 128 cm³/mol. The van der Waals surface area contributed by atoms with Gasteiger partial charge in [-0.3, -0.25) is 4.98 Å². The summed E-state index contributed by atoms with van der Waals surface area (Å²) in [6.07, 6.45) is 2.93. The Balaban J connectivity index is 2.05. The summed E-state index contributed by atoms with van der Waals surface area (Å²) in [5.41, 5.74) is 15.0. The van der Waals surface area contributed by atoms with E-state index >= 15 is 0 Å². The zero-order valence-electron chi connectivity index (χ0n) is 18.8. The summed E-state index contributed by atoms with van der Waals surface area (Å²) in [5.74, 6) is 0. The fraction of sp³-hybridized carbons (Fsp3) is 0.222. The summed E-state index contributed by atoms with van der Waals surface area (Å²) in [5, 5.41) is 0. The Morgan fingerprint density at radius 1 is 0.700 bits per heavy atom. The fourth-order valence-electron chi connectivity index (χ4n) is 6.59. The second-order valence-corrected chi connectivity index (χ2v) is 9.26. The molecular weight excluding hydrogens is 363 g/mol. The molecule has 1 aliphatic heterocycles. The lowest BCUT2D eigenvalue weighted by Crippen LogP contribution is -2.77. The molecule has 0 atom stereocenters. The van der Waals surface area contributed by atoms with E-state index in [9.17, 15) is 0 Å². The van der Waals surface area contributed by atoms with Crippen molar-refractivity contribution in [2.24, 2.45) is 0 Å². The summed E-state index contributed by atoms with van der Waals surface area (Å²) in [6, 6.07) is 18.3. The van der Waals surface area contributed by atoms with Crippen LogP contribution in [0.2, 0.25) is 0 Å². The molecule has 1 N–H and O–H groups in total. The first-order valence-corrected chi connectivity index (χ1v) is 10.9. The molecule has 5 rings (SSSR count). The molecular formula is C27H29BN2. The van der Waals surface area contributed by atoms with Crippen molar-refractivity contribution in [1.82, 2.24) is 4.98 Å². The molecule has 30 heavy (non-hydrogen) atoms. The van der Waals surface area contributed by atoms with E-state index in [0.29, 0.717) is 0 Å². The minimum atomic E-state index is -1.32.